The van der Waals surface area contributed by atoms with Crippen LogP contribution in [0.25, 0.3) is 0 Å². The molecule has 1 nitrogen and oxygen atoms in total. The van der Waals surface area contributed by atoms with Crippen molar-refractivity contribution < 1.29 is 0 Å². The van der Waals surface area contributed by atoms with Gasteiger partial charge < -0.3 is 4.81 Å². The second-order valence-corrected chi connectivity index (χ2v) is 5.11. The molecule has 0 spiro atoms. The number of hydrogen-bond acceptors (Lipinski definition) is 1. The van der Waals surface area contributed by atoms with Crippen LogP contribution in [0.4, 0.5) is 0 Å². The Bertz CT molecular complexity index is 303. The van der Waals surface area contributed by atoms with Crippen LogP contribution in [0.3, 0.4) is 0 Å². The number of hydrogen-bond donors (Lipinski definition) is 0. The SMILES string of the molecule is BBN(Cc1ccccc1)C(CC)CCCCC. The number of nitrogens with zero attached hydrogens (tertiary/aromatic N) is 1. The molecular formula is C15H27B2N. The number of benzene rings is 1. The Morgan fingerprint density at radius 3 is 2.44 bits per heavy atom. The van der Waals surface area contributed by atoms with Crippen LogP contribution in [0.1, 0.15) is 51.5 Å². The summed E-state index contributed by atoms with van der Waals surface area (Å²) in [5.74, 6) is 0. The van der Waals surface area contributed by atoms with Crippen molar-refractivity contribution in [2.45, 2.75) is 58.5 Å². The molecule has 0 amide bonds. The molecule has 0 N–H and O–H groups in total. The average molecular weight is 243 g/mol. The number of unbranched alkanes of at least 4 members (excludes halogenated alkanes) is 2. The quantitative estimate of drug-likeness (QED) is 0.476. The highest BCUT2D eigenvalue weighted by molar-refractivity contribution is 6.87. The van der Waals surface area contributed by atoms with Crippen LogP contribution in [0.5, 0.6) is 0 Å². The first kappa shape index (κ1) is 15.4. The highest BCUT2D eigenvalue weighted by Gasteiger charge is 2.14. The van der Waals surface area contributed by atoms with Gasteiger partial charge in [0.05, 0.1) is 7.74 Å². The van der Waals surface area contributed by atoms with Gasteiger partial charge in [0.2, 0.25) is 0 Å². The lowest BCUT2D eigenvalue weighted by molar-refractivity contribution is 0.295. The Hall–Kier alpha value is -0.690. The first-order valence-corrected chi connectivity index (χ1v) is 7.59. The zero-order valence-corrected chi connectivity index (χ0v) is 12.4. The minimum atomic E-state index is 0.752. The average Bonchev–Trinajstić information content (AvgIpc) is 2.43. The standard InChI is InChI=1S/C15H27B2N/c1-3-5-7-12-15(4-2)18(17-16)13-14-10-8-6-9-11-14/h6,8-11,15,17H,3-5,7,12-13,16H2,1-2H3. The molecule has 1 atom stereocenters. The van der Waals surface area contributed by atoms with E-state index in [1.807, 2.05) is 0 Å². The van der Waals surface area contributed by atoms with Crippen molar-refractivity contribution in [3.63, 3.8) is 0 Å². The van der Waals surface area contributed by atoms with Crippen LogP contribution in [0, 0.1) is 0 Å². The molecule has 0 aliphatic heterocycles. The minimum Gasteiger partial charge on any atom is -0.347 e. The van der Waals surface area contributed by atoms with Gasteiger partial charge in [-0.1, -0.05) is 63.4 Å². The molecule has 1 aromatic carbocycles. The molecule has 0 aliphatic rings. The second kappa shape index (κ2) is 9.27. The number of rotatable bonds is 9. The first-order chi connectivity index (χ1) is 8.81. The van der Waals surface area contributed by atoms with E-state index in [2.05, 4.69) is 56.7 Å². The second-order valence-electron chi connectivity index (χ2n) is 5.11. The maximum absolute atomic E-state index is 2.63. The van der Waals surface area contributed by atoms with Crippen LogP contribution in [-0.2, 0) is 6.54 Å². The molecule has 1 aromatic rings. The fraction of sp³-hybridized carbons (Fsp3) is 0.600. The van der Waals surface area contributed by atoms with E-state index in [1.165, 1.54) is 37.7 Å². The van der Waals surface area contributed by atoms with Crippen molar-refractivity contribution >= 4 is 15.0 Å². The third-order valence-corrected chi connectivity index (χ3v) is 3.76. The van der Waals surface area contributed by atoms with E-state index < -0.39 is 0 Å². The lowest BCUT2D eigenvalue weighted by Crippen LogP contribution is -2.37. The molecular weight excluding hydrogens is 216 g/mol. The molecule has 0 aromatic heterocycles. The summed E-state index contributed by atoms with van der Waals surface area (Å²) >= 11 is 0. The summed E-state index contributed by atoms with van der Waals surface area (Å²) in [5.41, 5.74) is 1.44. The van der Waals surface area contributed by atoms with Gasteiger partial charge in [0.25, 0.3) is 0 Å². The summed E-state index contributed by atoms with van der Waals surface area (Å²) in [5, 5.41) is 0. The Morgan fingerprint density at radius 1 is 1.17 bits per heavy atom. The van der Waals surface area contributed by atoms with Gasteiger partial charge in [-0.15, -0.1) is 0 Å². The molecule has 0 heterocycles. The van der Waals surface area contributed by atoms with E-state index in [9.17, 15) is 0 Å². The van der Waals surface area contributed by atoms with E-state index >= 15 is 0 Å². The summed E-state index contributed by atoms with van der Waals surface area (Å²) in [4.78, 5) is 2.63. The van der Waals surface area contributed by atoms with Gasteiger partial charge in [-0.3, -0.25) is 0 Å². The van der Waals surface area contributed by atoms with Crippen LogP contribution < -0.4 is 0 Å². The normalized spacial score (nSPS) is 12.6. The van der Waals surface area contributed by atoms with Crippen LogP contribution >= 0.6 is 0 Å². The van der Waals surface area contributed by atoms with E-state index in [0.29, 0.717) is 0 Å². The first-order valence-electron chi connectivity index (χ1n) is 7.59. The summed E-state index contributed by atoms with van der Waals surface area (Å²) in [6, 6.07) is 11.6. The van der Waals surface area contributed by atoms with Crippen molar-refractivity contribution in [1.29, 1.82) is 0 Å². The summed E-state index contributed by atoms with van der Waals surface area (Å²) < 4.78 is 0. The zero-order valence-electron chi connectivity index (χ0n) is 12.4. The molecule has 0 radical (unpaired) electrons. The van der Waals surface area contributed by atoms with Gasteiger partial charge in [0.1, 0.15) is 0 Å². The monoisotopic (exact) mass is 243 g/mol. The molecule has 98 valence electrons. The highest BCUT2D eigenvalue weighted by atomic mass is 15.1. The largest absolute Gasteiger partial charge is 0.347 e. The third kappa shape index (κ3) is 5.30. The van der Waals surface area contributed by atoms with Gasteiger partial charge in [-0.25, -0.2) is 0 Å². The lowest BCUT2D eigenvalue weighted by Gasteiger charge is -2.30. The van der Waals surface area contributed by atoms with Crippen LogP contribution in [0.15, 0.2) is 30.3 Å². The summed E-state index contributed by atoms with van der Waals surface area (Å²) in [6.07, 6.45) is 6.69. The molecule has 0 bridgehead atoms. The van der Waals surface area contributed by atoms with E-state index in [0.717, 1.165) is 19.9 Å². The molecule has 0 saturated heterocycles. The Balaban J connectivity index is 2.51. The predicted molar refractivity (Wildman–Crippen MR) is 85.9 cm³/mol. The van der Waals surface area contributed by atoms with Crippen LogP contribution in [-0.4, -0.2) is 25.9 Å². The smallest absolute Gasteiger partial charge is 0.162 e. The Morgan fingerprint density at radius 2 is 1.89 bits per heavy atom. The molecule has 1 unspecified atom stereocenters. The third-order valence-electron chi connectivity index (χ3n) is 3.76. The molecule has 0 saturated carbocycles. The minimum absolute atomic E-state index is 0.752. The fourth-order valence-electron chi connectivity index (χ4n) is 2.59. The highest BCUT2D eigenvalue weighted by Crippen LogP contribution is 2.15. The van der Waals surface area contributed by atoms with Gasteiger partial charge in [0.15, 0.2) is 7.31 Å². The van der Waals surface area contributed by atoms with Crippen LogP contribution in [0.2, 0.25) is 0 Å². The fourth-order valence-corrected chi connectivity index (χ4v) is 2.59. The van der Waals surface area contributed by atoms with Crippen molar-refractivity contribution in [2.75, 3.05) is 0 Å². The van der Waals surface area contributed by atoms with E-state index in [1.54, 1.807) is 0 Å². The van der Waals surface area contributed by atoms with Gasteiger partial charge in [-0.2, -0.15) is 0 Å². The summed E-state index contributed by atoms with van der Waals surface area (Å²) in [7, 11) is 3.44. The van der Waals surface area contributed by atoms with E-state index in [-0.39, 0.29) is 0 Å². The molecule has 3 heteroatoms. The van der Waals surface area contributed by atoms with Crippen molar-refractivity contribution in [3.05, 3.63) is 35.9 Å². The van der Waals surface area contributed by atoms with Crippen molar-refractivity contribution in [2.24, 2.45) is 0 Å². The maximum Gasteiger partial charge on any atom is 0.162 e. The van der Waals surface area contributed by atoms with E-state index in [4.69, 9.17) is 0 Å². The van der Waals surface area contributed by atoms with Crippen molar-refractivity contribution in [1.82, 2.24) is 4.81 Å². The molecule has 18 heavy (non-hydrogen) atoms. The molecule has 0 aliphatic carbocycles. The maximum atomic E-state index is 2.63. The van der Waals surface area contributed by atoms with Gasteiger partial charge in [-0.05, 0) is 24.4 Å². The lowest BCUT2D eigenvalue weighted by atomic mass is 9.64. The van der Waals surface area contributed by atoms with Gasteiger partial charge >= 0.3 is 0 Å². The topological polar surface area (TPSA) is 3.24 Å². The Labute approximate surface area is 115 Å². The molecule has 1 rings (SSSR count). The Kier molecular flexibility index (Phi) is 7.91. The predicted octanol–water partition coefficient (Wildman–Crippen LogP) is 2.75. The zero-order chi connectivity index (χ0) is 13.2. The van der Waals surface area contributed by atoms with Gasteiger partial charge in [0, 0.05) is 6.54 Å². The summed E-state index contributed by atoms with van der Waals surface area (Å²) in [6.45, 7) is 5.70. The van der Waals surface area contributed by atoms with Crippen molar-refractivity contribution in [3.8, 4) is 0 Å². The molecule has 0 fully saturated rings.